The summed E-state index contributed by atoms with van der Waals surface area (Å²) in [6.07, 6.45) is 0.721. The Hall–Kier alpha value is -2.64. The van der Waals surface area contributed by atoms with Crippen LogP contribution in [0.25, 0.3) is 0 Å². The molecule has 0 spiro atoms. The molecule has 1 amide bonds. The smallest absolute Gasteiger partial charge is 0.261 e. The maximum Gasteiger partial charge on any atom is 0.261 e. The van der Waals surface area contributed by atoms with Crippen molar-refractivity contribution >= 4 is 43.2 Å². The number of rotatable bonds is 6. The van der Waals surface area contributed by atoms with Crippen LogP contribution in [-0.4, -0.2) is 14.3 Å². The van der Waals surface area contributed by atoms with Crippen molar-refractivity contribution in [3.63, 3.8) is 0 Å². The van der Waals surface area contributed by atoms with Crippen LogP contribution in [0.1, 0.15) is 22.8 Å². The molecule has 5 nitrogen and oxygen atoms in total. The first-order valence-corrected chi connectivity index (χ1v) is 10.9. The summed E-state index contributed by atoms with van der Waals surface area (Å²) >= 11 is 3.34. The minimum atomic E-state index is -3.72. The quantitative estimate of drug-likeness (QED) is 0.541. The van der Waals surface area contributed by atoms with Gasteiger partial charge in [-0.25, -0.2) is 8.42 Å². The molecule has 28 heavy (non-hydrogen) atoms. The van der Waals surface area contributed by atoms with Crippen LogP contribution in [0.4, 0.5) is 11.4 Å². The molecule has 0 unspecified atom stereocenters. The van der Waals surface area contributed by atoms with E-state index in [0.29, 0.717) is 21.4 Å². The summed E-state index contributed by atoms with van der Waals surface area (Å²) in [6, 6.07) is 20.4. The first-order chi connectivity index (χ1) is 13.4. The number of carbonyl (C=O) groups excluding carboxylic acids is 1. The summed E-state index contributed by atoms with van der Waals surface area (Å²) in [4.78, 5) is 12.5. The van der Waals surface area contributed by atoms with Gasteiger partial charge in [-0.2, -0.15) is 0 Å². The van der Waals surface area contributed by atoms with Gasteiger partial charge in [-0.05, 0) is 70.4 Å². The van der Waals surface area contributed by atoms with Gasteiger partial charge in [0.1, 0.15) is 0 Å². The molecule has 7 heteroatoms. The van der Waals surface area contributed by atoms with Gasteiger partial charge in [-0.3, -0.25) is 9.52 Å². The van der Waals surface area contributed by atoms with E-state index in [4.69, 9.17) is 0 Å². The van der Waals surface area contributed by atoms with Crippen LogP contribution in [0, 0.1) is 0 Å². The highest BCUT2D eigenvalue weighted by Crippen LogP contribution is 2.22. The van der Waals surface area contributed by atoms with Crippen molar-refractivity contribution in [1.29, 1.82) is 0 Å². The fraction of sp³-hybridized carbons (Fsp3) is 0.0952. The van der Waals surface area contributed by atoms with Gasteiger partial charge in [0.25, 0.3) is 15.9 Å². The van der Waals surface area contributed by atoms with Crippen LogP contribution >= 0.6 is 15.9 Å². The number of hydrogen-bond acceptors (Lipinski definition) is 3. The molecule has 0 heterocycles. The minimum Gasteiger partial charge on any atom is -0.322 e. The van der Waals surface area contributed by atoms with E-state index in [9.17, 15) is 13.2 Å². The Morgan fingerprint density at radius 2 is 1.57 bits per heavy atom. The Kier molecular flexibility index (Phi) is 6.16. The Morgan fingerprint density at radius 1 is 0.929 bits per heavy atom. The highest BCUT2D eigenvalue weighted by Gasteiger charge is 2.16. The SMILES string of the molecule is CCc1ccccc1NS(=O)(=O)c1ccc(NC(=O)c2ccccc2Br)cc1. The van der Waals surface area contributed by atoms with Crippen molar-refractivity contribution in [2.75, 3.05) is 10.0 Å². The molecule has 0 fully saturated rings. The average molecular weight is 459 g/mol. The van der Waals surface area contributed by atoms with Gasteiger partial charge >= 0.3 is 0 Å². The summed E-state index contributed by atoms with van der Waals surface area (Å²) in [7, 11) is -3.72. The van der Waals surface area contributed by atoms with E-state index in [0.717, 1.165) is 12.0 Å². The number of benzene rings is 3. The summed E-state index contributed by atoms with van der Waals surface area (Å²) < 4.78 is 28.6. The first-order valence-electron chi connectivity index (χ1n) is 8.67. The molecule has 0 bridgehead atoms. The van der Waals surface area contributed by atoms with Gasteiger partial charge in [-0.15, -0.1) is 0 Å². The lowest BCUT2D eigenvalue weighted by Gasteiger charge is -2.12. The number of sulfonamides is 1. The molecular formula is C21H19BrN2O3S. The van der Waals surface area contributed by atoms with Gasteiger partial charge in [0.15, 0.2) is 0 Å². The molecule has 3 aromatic rings. The molecule has 0 saturated heterocycles. The van der Waals surface area contributed by atoms with Crippen LogP contribution < -0.4 is 10.0 Å². The van der Waals surface area contributed by atoms with E-state index in [1.54, 1.807) is 42.5 Å². The zero-order valence-corrected chi connectivity index (χ0v) is 17.5. The molecule has 3 aromatic carbocycles. The Balaban J connectivity index is 1.76. The van der Waals surface area contributed by atoms with Crippen molar-refractivity contribution in [1.82, 2.24) is 0 Å². The third kappa shape index (κ3) is 4.61. The van der Waals surface area contributed by atoms with Crippen molar-refractivity contribution in [3.8, 4) is 0 Å². The number of amides is 1. The fourth-order valence-electron chi connectivity index (χ4n) is 2.69. The lowest BCUT2D eigenvalue weighted by Crippen LogP contribution is -2.15. The van der Waals surface area contributed by atoms with Gasteiger partial charge in [0.2, 0.25) is 0 Å². The number of hydrogen-bond donors (Lipinski definition) is 2. The molecule has 0 saturated carbocycles. The van der Waals surface area contributed by atoms with Crippen molar-refractivity contribution in [2.24, 2.45) is 0 Å². The van der Waals surface area contributed by atoms with Crippen molar-refractivity contribution < 1.29 is 13.2 Å². The van der Waals surface area contributed by atoms with E-state index >= 15 is 0 Å². The Labute approximate surface area is 173 Å². The summed E-state index contributed by atoms with van der Waals surface area (Å²) in [5.41, 5.74) is 2.49. The van der Waals surface area contributed by atoms with Gasteiger partial charge in [-0.1, -0.05) is 37.3 Å². The third-order valence-electron chi connectivity index (χ3n) is 4.18. The molecule has 0 aliphatic carbocycles. The average Bonchev–Trinajstić information content (AvgIpc) is 2.69. The second-order valence-corrected chi connectivity index (χ2v) is 8.61. The Bertz CT molecular complexity index is 1100. The van der Waals surface area contributed by atoms with E-state index in [1.165, 1.54) is 12.1 Å². The maximum atomic E-state index is 12.7. The summed E-state index contributed by atoms with van der Waals surface area (Å²) in [5.74, 6) is -0.280. The molecule has 0 aliphatic rings. The zero-order valence-electron chi connectivity index (χ0n) is 15.1. The van der Waals surface area contributed by atoms with Crippen LogP contribution in [0.3, 0.4) is 0 Å². The molecule has 0 aliphatic heterocycles. The largest absolute Gasteiger partial charge is 0.322 e. The minimum absolute atomic E-state index is 0.122. The molecule has 0 atom stereocenters. The van der Waals surface area contributed by atoms with E-state index in [2.05, 4.69) is 26.0 Å². The third-order valence-corrected chi connectivity index (χ3v) is 6.26. The zero-order chi connectivity index (χ0) is 20.1. The number of nitrogens with one attached hydrogen (secondary N) is 2. The van der Waals surface area contributed by atoms with E-state index in [1.807, 2.05) is 25.1 Å². The number of aryl methyl sites for hydroxylation is 1. The highest BCUT2D eigenvalue weighted by molar-refractivity contribution is 9.10. The second kappa shape index (κ2) is 8.58. The molecule has 0 aromatic heterocycles. The molecular weight excluding hydrogens is 440 g/mol. The number of halogens is 1. The predicted octanol–water partition coefficient (Wildman–Crippen LogP) is 5.06. The molecule has 3 rings (SSSR count). The maximum absolute atomic E-state index is 12.7. The van der Waals surface area contributed by atoms with Crippen molar-refractivity contribution in [2.45, 2.75) is 18.2 Å². The summed E-state index contributed by atoms with van der Waals surface area (Å²) in [6.45, 7) is 1.97. The van der Waals surface area contributed by atoms with Gasteiger partial charge in [0, 0.05) is 10.2 Å². The lowest BCUT2D eigenvalue weighted by atomic mass is 10.1. The fourth-order valence-corrected chi connectivity index (χ4v) is 4.26. The highest BCUT2D eigenvalue weighted by atomic mass is 79.9. The topological polar surface area (TPSA) is 75.3 Å². The van der Waals surface area contributed by atoms with Gasteiger partial charge < -0.3 is 5.32 Å². The van der Waals surface area contributed by atoms with Crippen LogP contribution in [0.15, 0.2) is 82.2 Å². The predicted molar refractivity (Wildman–Crippen MR) is 115 cm³/mol. The van der Waals surface area contributed by atoms with E-state index < -0.39 is 10.0 Å². The Morgan fingerprint density at radius 3 is 2.25 bits per heavy atom. The standard InChI is InChI=1S/C21H19BrN2O3S/c1-2-15-7-3-6-10-20(15)24-28(26,27)17-13-11-16(12-14-17)23-21(25)18-8-4-5-9-19(18)22/h3-14,24H,2H2,1H3,(H,23,25). The molecule has 144 valence electrons. The second-order valence-electron chi connectivity index (χ2n) is 6.07. The lowest BCUT2D eigenvalue weighted by molar-refractivity contribution is 0.102. The summed E-state index contributed by atoms with van der Waals surface area (Å²) in [5, 5.41) is 2.76. The van der Waals surface area contributed by atoms with Crippen LogP contribution in [-0.2, 0) is 16.4 Å². The van der Waals surface area contributed by atoms with Crippen LogP contribution in [0.5, 0.6) is 0 Å². The molecule has 0 radical (unpaired) electrons. The number of carbonyl (C=O) groups is 1. The van der Waals surface area contributed by atoms with Gasteiger partial charge in [0.05, 0.1) is 16.1 Å². The molecule has 2 N–H and O–H groups in total. The number of anilines is 2. The normalized spacial score (nSPS) is 11.1. The van der Waals surface area contributed by atoms with Crippen molar-refractivity contribution in [3.05, 3.63) is 88.4 Å². The first kappa shape index (κ1) is 20.1. The van der Waals surface area contributed by atoms with Crippen LogP contribution in [0.2, 0.25) is 0 Å². The van der Waals surface area contributed by atoms with E-state index in [-0.39, 0.29) is 10.8 Å². The number of para-hydroxylation sites is 1. The monoisotopic (exact) mass is 458 g/mol.